The van der Waals surface area contributed by atoms with E-state index in [-0.39, 0.29) is 16.3 Å². The number of carbonyl (C=O) groups excluding carboxylic acids is 3. The summed E-state index contributed by atoms with van der Waals surface area (Å²) in [5.41, 5.74) is 5.80. The topological polar surface area (TPSA) is 108 Å². The van der Waals surface area contributed by atoms with Gasteiger partial charge in [-0.1, -0.05) is 6.07 Å². The molecular formula is C18H17FN2O5S. The van der Waals surface area contributed by atoms with Gasteiger partial charge in [0.05, 0.1) is 12.7 Å². The van der Waals surface area contributed by atoms with Crippen LogP contribution in [0, 0.1) is 5.82 Å². The third-order valence-electron chi connectivity index (χ3n) is 3.42. The zero-order valence-electron chi connectivity index (χ0n) is 14.5. The van der Waals surface area contributed by atoms with Crippen LogP contribution in [-0.4, -0.2) is 31.0 Å². The van der Waals surface area contributed by atoms with Gasteiger partial charge in [0.25, 0.3) is 11.8 Å². The largest absolute Gasteiger partial charge is 0.494 e. The first-order chi connectivity index (χ1) is 12.8. The monoisotopic (exact) mass is 392 g/mol. The SMILES string of the molecule is COc1ccc(/C=C/C(=O)O[C@@H](C)C(=O)Nc2sccc2C(N)=O)cc1F. The summed E-state index contributed by atoms with van der Waals surface area (Å²) in [7, 11) is 1.35. The third kappa shape index (κ3) is 5.38. The number of anilines is 1. The van der Waals surface area contributed by atoms with Gasteiger partial charge in [0.1, 0.15) is 5.00 Å². The summed E-state index contributed by atoms with van der Waals surface area (Å²) in [4.78, 5) is 35.2. The smallest absolute Gasteiger partial charge is 0.331 e. The number of esters is 1. The van der Waals surface area contributed by atoms with Crippen molar-refractivity contribution < 1.29 is 28.2 Å². The number of rotatable bonds is 7. The average molecular weight is 392 g/mol. The van der Waals surface area contributed by atoms with Gasteiger partial charge in [0, 0.05) is 6.08 Å². The molecule has 142 valence electrons. The fraction of sp³-hybridized carbons (Fsp3) is 0.167. The summed E-state index contributed by atoms with van der Waals surface area (Å²) in [6.45, 7) is 1.38. The van der Waals surface area contributed by atoms with E-state index in [0.29, 0.717) is 5.56 Å². The number of nitrogens with one attached hydrogen (secondary N) is 1. The number of hydrogen-bond donors (Lipinski definition) is 2. The van der Waals surface area contributed by atoms with Crippen molar-refractivity contribution in [3.05, 3.63) is 52.7 Å². The first-order valence-electron chi connectivity index (χ1n) is 7.72. The number of carbonyl (C=O) groups is 3. The lowest BCUT2D eigenvalue weighted by Crippen LogP contribution is -2.29. The lowest BCUT2D eigenvalue weighted by molar-refractivity contribution is -0.148. The van der Waals surface area contributed by atoms with Gasteiger partial charge >= 0.3 is 5.97 Å². The quantitative estimate of drug-likeness (QED) is 0.556. The maximum atomic E-state index is 13.6. The Morgan fingerprint density at radius 3 is 2.67 bits per heavy atom. The number of hydrogen-bond acceptors (Lipinski definition) is 6. The minimum Gasteiger partial charge on any atom is -0.494 e. The Morgan fingerprint density at radius 2 is 2.04 bits per heavy atom. The summed E-state index contributed by atoms with van der Waals surface area (Å²) in [6, 6.07) is 5.66. The molecule has 2 aromatic rings. The molecule has 0 unspecified atom stereocenters. The molecule has 27 heavy (non-hydrogen) atoms. The fourth-order valence-electron chi connectivity index (χ4n) is 2.03. The van der Waals surface area contributed by atoms with E-state index >= 15 is 0 Å². The Bertz CT molecular complexity index is 894. The van der Waals surface area contributed by atoms with Crippen LogP contribution in [0.2, 0.25) is 0 Å². The second-order valence-corrected chi connectivity index (χ2v) is 6.24. The Labute approximate surface area is 158 Å². The van der Waals surface area contributed by atoms with Crippen LogP contribution in [0.4, 0.5) is 9.39 Å². The average Bonchev–Trinajstić information content (AvgIpc) is 3.08. The van der Waals surface area contributed by atoms with E-state index in [1.54, 1.807) is 11.4 Å². The first kappa shape index (κ1) is 20.1. The molecule has 1 aromatic heterocycles. The minimum absolute atomic E-state index is 0.0870. The van der Waals surface area contributed by atoms with Crippen molar-refractivity contribution in [3.8, 4) is 5.75 Å². The Balaban J connectivity index is 1.94. The second kappa shape index (κ2) is 8.95. The molecule has 2 rings (SSSR count). The number of benzene rings is 1. The molecule has 0 saturated carbocycles. The van der Waals surface area contributed by atoms with Crippen LogP contribution in [0.15, 0.2) is 35.7 Å². The lowest BCUT2D eigenvalue weighted by atomic mass is 10.2. The van der Waals surface area contributed by atoms with Gasteiger partial charge in [-0.2, -0.15) is 0 Å². The molecule has 0 spiro atoms. The van der Waals surface area contributed by atoms with E-state index in [9.17, 15) is 18.8 Å². The van der Waals surface area contributed by atoms with Crippen molar-refractivity contribution in [2.75, 3.05) is 12.4 Å². The van der Waals surface area contributed by atoms with E-state index in [1.165, 1.54) is 38.3 Å². The fourth-order valence-corrected chi connectivity index (χ4v) is 2.83. The summed E-state index contributed by atoms with van der Waals surface area (Å²) in [5, 5.41) is 4.36. The van der Waals surface area contributed by atoms with Crippen LogP contribution in [0.3, 0.4) is 0 Å². The molecule has 0 fully saturated rings. The number of nitrogens with two attached hydrogens (primary N) is 1. The van der Waals surface area contributed by atoms with E-state index < -0.39 is 29.7 Å². The molecule has 1 aromatic carbocycles. The van der Waals surface area contributed by atoms with Crippen molar-refractivity contribution in [3.63, 3.8) is 0 Å². The summed E-state index contributed by atoms with van der Waals surface area (Å²) in [6.07, 6.45) is 1.31. The van der Waals surface area contributed by atoms with Gasteiger partial charge < -0.3 is 20.5 Å². The zero-order valence-corrected chi connectivity index (χ0v) is 15.3. The molecular weight excluding hydrogens is 375 g/mol. The predicted molar refractivity (Wildman–Crippen MR) is 99.0 cm³/mol. The molecule has 1 heterocycles. The van der Waals surface area contributed by atoms with Crippen LogP contribution in [0.25, 0.3) is 6.08 Å². The standard InChI is InChI=1S/C18H17FN2O5S/c1-10(17(24)21-18-12(16(20)23)7-8-27-18)26-15(22)6-4-11-3-5-14(25-2)13(19)9-11/h3-10H,1-2H3,(H2,20,23)(H,21,24)/b6-4+/t10-/m0/s1. The van der Waals surface area contributed by atoms with Gasteiger partial charge in [-0.3, -0.25) is 9.59 Å². The molecule has 0 saturated heterocycles. The number of ether oxygens (including phenoxy) is 2. The Kier molecular flexibility index (Phi) is 6.67. The number of halogens is 1. The summed E-state index contributed by atoms with van der Waals surface area (Å²) in [5.74, 6) is -2.55. The third-order valence-corrected chi connectivity index (χ3v) is 4.25. The molecule has 0 aliphatic rings. The highest BCUT2D eigenvalue weighted by molar-refractivity contribution is 7.14. The molecule has 7 nitrogen and oxygen atoms in total. The highest BCUT2D eigenvalue weighted by Crippen LogP contribution is 2.23. The van der Waals surface area contributed by atoms with Crippen LogP contribution < -0.4 is 15.8 Å². The van der Waals surface area contributed by atoms with E-state index in [0.717, 1.165) is 17.4 Å². The van der Waals surface area contributed by atoms with Gasteiger partial charge in [-0.25, -0.2) is 9.18 Å². The number of thiophene rings is 1. The lowest BCUT2D eigenvalue weighted by Gasteiger charge is -2.12. The van der Waals surface area contributed by atoms with Crippen molar-refractivity contribution in [2.45, 2.75) is 13.0 Å². The van der Waals surface area contributed by atoms with Crippen molar-refractivity contribution in [1.29, 1.82) is 0 Å². The van der Waals surface area contributed by atoms with Gasteiger partial charge in [0.2, 0.25) is 0 Å². The number of methoxy groups -OCH3 is 1. The van der Waals surface area contributed by atoms with Crippen molar-refractivity contribution in [2.24, 2.45) is 5.73 Å². The molecule has 0 aliphatic heterocycles. The highest BCUT2D eigenvalue weighted by atomic mass is 32.1. The normalized spacial score (nSPS) is 11.8. The predicted octanol–water partition coefficient (Wildman–Crippen LogP) is 2.58. The maximum absolute atomic E-state index is 13.6. The maximum Gasteiger partial charge on any atom is 0.331 e. The molecule has 0 aliphatic carbocycles. The number of amides is 2. The van der Waals surface area contributed by atoms with E-state index in [2.05, 4.69) is 5.32 Å². The van der Waals surface area contributed by atoms with Crippen LogP contribution in [-0.2, 0) is 14.3 Å². The molecule has 1 atom stereocenters. The highest BCUT2D eigenvalue weighted by Gasteiger charge is 2.19. The Morgan fingerprint density at radius 1 is 1.30 bits per heavy atom. The minimum atomic E-state index is -1.11. The number of primary amides is 1. The molecule has 0 bridgehead atoms. The van der Waals surface area contributed by atoms with Crippen molar-refractivity contribution >= 4 is 40.2 Å². The molecule has 2 amide bonds. The van der Waals surface area contributed by atoms with Crippen LogP contribution in [0.5, 0.6) is 5.75 Å². The Hall–Kier alpha value is -3.20. The summed E-state index contributed by atoms with van der Waals surface area (Å²) < 4.78 is 23.4. The van der Waals surface area contributed by atoms with E-state index in [4.69, 9.17) is 15.2 Å². The van der Waals surface area contributed by atoms with E-state index in [1.807, 2.05) is 0 Å². The van der Waals surface area contributed by atoms with Crippen LogP contribution in [0.1, 0.15) is 22.8 Å². The molecule has 9 heteroatoms. The van der Waals surface area contributed by atoms with Gasteiger partial charge in [-0.15, -0.1) is 11.3 Å². The zero-order chi connectivity index (χ0) is 20.0. The van der Waals surface area contributed by atoms with Gasteiger partial charge in [-0.05, 0) is 42.1 Å². The first-order valence-corrected chi connectivity index (χ1v) is 8.60. The molecule has 3 N–H and O–H groups in total. The van der Waals surface area contributed by atoms with Crippen LogP contribution >= 0.6 is 11.3 Å². The summed E-state index contributed by atoms with van der Waals surface area (Å²) >= 11 is 1.12. The second-order valence-electron chi connectivity index (χ2n) is 5.32. The van der Waals surface area contributed by atoms with Crippen molar-refractivity contribution in [1.82, 2.24) is 0 Å². The molecule has 0 radical (unpaired) electrons. The van der Waals surface area contributed by atoms with Gasteiger partial charge in [0.15, 0.2) is 17.7 Å².